The van der Waals surface area contributed by atoms with E-state index in [4.69, 9.17) is 0 Å². The SMILES string of the molecule is CC1(C)c2ccccc2-c2ccc(N(c3ccc(-c4c(-c5ccccc5)cccc4-c4ccccc4)cc3)c3ccc(C4CC5CCC4C5)cc3)cc21. The van der Waals surface area contributed by atoms with Crippen molar-refractivity contribution in [1.29, 1.82) is 0 Å². The van der Waals surface area contributed by atoms with Crippen LogP contribution in [0.15, 0.2) is 170 Å². The van der Waals surface area contributed by atoms with E-state index in [9.17, 15) is 0 Å². The molecule has 3 aliphatic carbocycles. The van der Waals surface area contributed by atoms with Crippen LogP contribution in [0.5, 0.6) is 0 Å². The van der Waals surface area contributed by atoms with Gasteiger partial charge < -0.3 is 4.90 Å². The summed E-state index contributed by atoms with van der Waals surface area (Å²) in [6.07, 6.45) is 5.63. The van der Waals surface area contributed by atoms with Crippen molar-refractivity contribution in [3.05, 3.63) is 187 Å². The minimum absolute atomic E-state index is 0.0713. The lowest BCUT2D eigenvalue weighted by molar-refractivity contribution is 0.420. The van der Waals surface area contributed by atoms with Crippen molar-refractivity contribution in [3.8, 4) is 44.5 Å². The molecule has 0 spiro atoms. The van der Waals surface area contributed by atoms with Gasteiger partial charge in [-0.15, -0.1) is 0 Å². The van der Waals surface area contributed by atoms with E-state index in [1.54, 1.807) is 0 Å². The van der Waals surface area contributed by atoms with Crippen molar-refractivity contribution in [2.75, 3.05) is 4.90 Å². The highest BCUT2D eigenvalue weighted by Gasteiger charge is 2.40. The fourth-order valence-corrected chi connectivity index (χ4v) is 10.2. The van der Waals surface area contributed by atoms with E-state index < -0.39 is 0 Å². The molecule has 2 saturated carbocycles. The van der Waals surface area contributed by atoms with Gasteiger partial charge in [0.15, 0.2) is 0 Å². The van der Waals surface area contributed by atoms with Gasteiger partial charge in [-0.3, -0.25) is 0 Å². The molecule has 3 atom stereocenters. The molecule has 3 unspecified atom stereocenters. The fourth-order valence-electron chi connectivity index (χ4n) is 10.2. The molecule has 0 aliphatic heterocycles. The van der Waals surface area contributed by atoms with Gasteiger partial charge in [-0.05, 0) is 135 Å². The van der Waals surface area contributed by atoms with E-state index >= 15 is 0 Å². The second kappa shape index (κ2) is 12.8. The van der Waals surface area contributed by atoms with Crippen molar-refractivity contribution in [2.24, 2.45) is 11.8 Å². The first-order chi connectivity index (χ1) is 26.0. The number of fused-ring (bicyclic) bond motifs is 5. The quantitative estimate of drug-likeness (QED) is 0.162. The summed E-state index contributed by atoms with van der Waals surface area (Å²) in [4.78, 5) is 2.47. The zero-order valence-electron chi connectivity index (χ0n) is 30.7. The smallest absolute Gasteiger partial charge is 0.0465 e. The first-order valence-electron chi connectivity index (χ1n) is 19.5. The average Bonchev–Trinajstić information content (AvgIpc) is 3.92. The second-order valence-electron chi connectivity index (χ2n) is 16.1. The van der Waals surface area contributed by atoms with Gasteiger partial charge in [0.2, 0.25) is 0 Å². The van der Waals surface area contributed by atoms with E-state index in [1.807, 2.05) is 0 Å². The van der Waals surface area contributed by atoms with Crippen LogP contribution in [0.3, 0.4) is 0 Å². The third kappa shape index (κ3) is 5.45. The van der Waals surface area contributed by atoms with Gasteiger partial charge in [0.05, 0.1) is 0 Å². The van der Waals surface area contributed by atoms with Crippen LogP contribution in [-0.4, -0.2) is 0 Å². The molecule has 2 fully saturated rings. The van der Waals surface area contributed by atoms with Crippen LogP contribution in [0.2, 0.25) is 0 Å². The van der Waals surface area contributed by atoms with Crippen LogP contribution in [0.4, 0.5) is 17.1 Å². The Bertz CT molecular complexity index is 2360. The van der Waals surface area contributed by atoms with Crippen molar-refractivity contribution < 1.29 is 0 Å². The standard InChI is InChI=1S/C52H45N/c1-52(2)49-19-10-9-16-46(49)47-31-30-43(34-50(47)52)53(41-26-22-38(23-27-41)48-33-35-20-21-40(48)32-35)42-28-24-39(25-29-42)51-44(36-12-5-3-6-13-36)17-11-18-45(51)37-14-7-4-8-15-37/h3-19,22-31,34-35,40,48H,20-21,32-33H2,1-2H3. The molecule has 0 aromatic heterocycles. The normalized spacial score (nSPS) is 19.2. The maximum absolute atomic E-state index is 2.47. The van der Waals surface area contributed by atoms with Crippen molar-refractivity contribution >= 4 is 17.1 Å². The number of anilines is 3. The fraction of sp³-hybridized carbons (Fsp3) is 0.192. The Morgan fingerprint density at radius 3 is 1.64 bits per heavy atom. The van der Waals surface area contributed by atoms with Crippen LogP contribution in [0, 0.1) is 11.8 Å². The van der Waals surface area contributed by atoms with Gasteiger partial charge in [-0.25, -0.2) is 0 Å². The molecule has 3 aliphatic rings. The molecule has 0 N–H and O–H groups in total. The van der Waals surface area contributed by atoms with E-state index in [-0.39, 0.29) is 5.41 Å². The lowest BCUT2D eigenvalue weighted by Gasteiger charge is -2.29. The molecule has 7 aromatic carbocycles. The maximum Gasteiger partial charge on any atom is 0.0465 e. The largest absolute Gasteiger partial charge is 0.310 e. The predicted octanol–water partition coefficient (Wildman–Crippen LogP) is 14.4. The minimum atomic E-state index is -0.0713. The molecule has 1 heteroatoms. The number of benzene rings is 7. The van der Waals surface area contributed by atoms with E-state index in [0.29, 0.717) is 0 Å². The van der Waals surface area contributed by atoms with Crippen LogP contribution in [0.1, 0.15) is 62.1 Å². The van der Waals surface area contributed by atoms with E-state index in [2.05, 4.69) is 189 Å². The average molecular weight is 684 g/mol. The molecular weight excluding hydrogens is 639 g/mol. The number of hydrogen-bond donors (Lipinski definition) is 0. The zero-order chi connectivity index (χ0) is 35.5. The molecule has 10 rings (SSSR count). The van der Waals surface area contributed by atoms with Crippen molar-refractivity contribution in [1.82, 2.24) is 0 Å². The predicted molar refractivity (Wildman–Crippen MR) is 223 cm³/mol. The molecular formula is C52H45N. The van der Waals surface area contributed by atoms with Crippen LogP contribution >= 0.6 is 0 Å². The highest BCUT2D eigenvalue weighted by molar-refractivity contribution is 5.95. The summed E-state index contributed by atoms with van der Waals surface area (Å²) >= 11 is 0. The monoisotopic (exact) mass is 683 g/mol. The molecule has 258 valence electrons. The van der Waals surface area contributed by atoms with Crippen molar-refractivity contribution in [3.63, 3.8) is 0 Å². The Kier molecular flexibility index (Phi) is 7.72. The molecule has 0 heterocycles. The van der Waals surface area contributed by atoms with E-state index in [0.717, 1.165) is 23.4 Å². The Morgan fingerprint density at radius 1 is 0.453 bits per heavy atom. The number of nitrogens with zero attached hydrogens (tertiary/aromatic N) is 1. The van der Waals surface area contributed by atoms with Gasteiger partial charge in [-0.1, -0.05) is 154 Å². The van der Waals surface area contributed by atoms with Gasteiger partial charge in [0.1, 0.15) is 0 Å². The van der Waals surface area contributed by atoms with Crippen LogP contribution in [0.25, 0.3) is 44.5 Å². The highest BCUT2D eigenvalue weighted by atomic mass is 15.1. The molecule has 2 bridgehead atoms. The summed E-state index contributed by atoms with van der Waals surface area (Å²) in [7, 11) is 0. The topological polar surface area (TPSA) is 3.24 Å². The second-order valence-corrected chi connectivity index (χ2v) is 16.1. The summed E-state index contributed by atoms with van der Waals surface area (Å²) in [5, 5.41) is 0. The molecule has 1 nitrogen and oxygen atoms in total. The van der Waals surface area contributed by atoms with Crippen molar-refractivity contribution in [2.45, 2.75) is 50.9 Å². The Labute approximate surface area is 314 Å². The molecule has 0 saturated heterocycles. The molecule has 0 amide bonds. The van der Waals surface area contributed by atoms with Gasteiger partial charge in [0.25, 0.3) is 0 Å². The first-order valence-corrected chi connectivity index (χ1v) is 19.5. The minimum Gasteiger partial charge on any atom is -0.310 e. The highest BCUT2D eigenvalue weighted by Crippen LogP contribution is 2.54. The van der Waals surface area contributed by atoms with Gasteiger partial charge >= 0.3 is 0 Å². The van der Waals surface area contributed by atoms with Gasteiger partial charge in [0, 0.05) is 22.5 Å². The Balaban J connectivity index is 1.09. The molecule has 53 heavy (non-hydrogen) atoms. The summed E-state index contributed by atoms with van der Waals surface area (Å²) < 4.78 is 0. The lowest BCUT2D eigenvalue weighted by Crippen LogP contribution is -2.16. The van der Waals surface area contributed by atoms with Crippen LogP contribution < -0.4 is 4.90 Å². The lowest BCUT2D eigenvalue weighted by atomic mass is 9.82. The summed E-state index contributed by atoms with van der Waals surface area (Å²) in [5.74, 6) is 2.53. The zero-order valence-corrected chi connectivity index (χ0v) is 30.7. The van der Waals surface area contributed by atoms with E-state index in [1.165, 1.54) is 98.3 Å². The Morgan fingerprint density at radius 2 is 1.02 bits per heavy atom. The summed E-state index contributed by atoms with van der Waals surface area (Å²) in [6, 6.07) is 63.3. The molecule has 7 aromatic rings. The third-order valence-corrected chi connectivity index (χ3v) is 12.8. The summed E-state index contributed by atoms with van der Waals surface area (Å²) in [5.41, 5.74) is 17.9. The number of rotatable bonds is 7. The molecule has 0 radical (unpaired) electrons. The maximum atomic E-state index is 2.47. The summed E-state index contributed by atoms with van der Waals surface area (Å²) in [6.45, 7) is 4.75. The number of hydrogen-bond acceptors (Lipinski definition) is 1. The Hall–Kier alpha value is -5.66. The third-order valence-electron chi connectivity index (χ3n) is 12.8. The van der Waals surface area contributed by atoms with Crippen LogP contribution in [-0.2, 0) is 5.41 Å². The van der Waals surface area contributed by atoms with Gasteiger partial charge in [-0.2, -0.15) is 0 Å². The first kappa shape index (κ1) is 32.0.